The fourth-order valence-corrected chi connectivity index (χ4v) is 1.93. The molecule has 0 radical (unpaired) electrons. The van der Waals surface area contributed by atoms with Crippen LogP contribution in [0.15, 0.2) is 5.16 Å². The van der Waals surface area contributed by atoms with Crippen LogP contribution in [0.1, 0.15) is 6.92 Å². The van der Waals surface area contributed by atoms with Crippen molar-refractivity contribution in [3.63, 3.8) is 0 Å². The number of alkyl halides is 3. The van der Waals surface area contributed by atoms with Crippen molar-refractivity contribution >= 4 is 58.6 Å². The van der Waals surface area contributed by atoms with E-state index in [0.29, 0.717) is 11.9 Å². The van der Waals surface area contributed by atoms with Crippen molar-refractivity contribution in [2.24, 2.45) is 5.16 Å². The van der Waals surface area contributed by atoms with E-state index in [4.69, 9.17) is 34.8 Å². The summed E-state index contributed by atoms with van der Waals surface area (Å²) < 4.78 is -0.816. The van der Waals surface area contributed by atoms with Crippen LogP contribution in [0.25, 0.3) is 0 Å². The second-order valence-corrected chi connectivity index (χ2v) is 7.01. The van der Waals surface area contributed by atoms with Crippen LogP contribution >= 0.6 is 46.8 Å². The maximum Gasteiger partial charge on any atom is 0.445 e. The molecule has 7 nitrogen and oxygen atoms in total. The van der Waals surface area contributed by atoms with E-state index >= 15 is 0 Å². The molecule has 1 amide bonds. The molecule has 0 aromatic rings. The summed E-state index contributed by atoms with van der Waals surface area (Å²) in [6, 6.07) is 0. The summed E-state index contributed by atoms with van der Waals surface area (Å²) in [5, 5.41) is 13.3. The highest BCUT2D eigenvalue weighted by Gasteiger charge is 2.27. The summed E-state index contributed by atoms with van der Waals surface area (Å²) >= 11 is 16.9. The molecule has 0 aromatic carbocycles. The van der Waals surface area contributed by atoms with Crippen molar-refractivity contribution in [1.82, 2.24) is 4.31 Å². The number of rotatable bonds is 4. The number of nitro groups is 1. The predicted molar refractivity (Wildman–Crippen MR) is 67.1 cm³/mol. The van der Waals surface area contributed by atoms with Gasteiger partial charge in [0.05, 0.1) is 0 Å². The quantitative estimate of drug-likeness (QED) is 0.198. The van der Waals surface area contributed by atoms with Crippen LogP contribution in [-0.4, -0.2) is 37.8 Å². The summed E-state index contributed by atoms with van der Waals surface area (Å²) in [6.07, 6.45) is -0.913. The van der Waals surface area contributed by atoms with Gasteiger partial charge in [0.2, 0.25) is 6.54 Å². The van der Waals surface area contributed by atoms with E-state index in [1.54, 1.807) is 0 Å². The molecule has 0 heterocycles. The summed E-state index contributed by atoms with van der Waals surface area (Å²) in [5.74, 6) is 0. The summed E-state index contributed by atoms with van der Waals surface area (Å²) in [4.78, 5) is 25.1. The lowest BCUT2D eigenvalue weighted by Gasteiger charge is -2.17. The minimum atomic E-state index is -1.71. The Balaban J connectivity index is 4.22. The highest BCUT2D eigenvalue weighted by atomic mass is 35.6. The van der Waals surface area contributed by atoms with Crippen molar-refractivity contribution in [2.45, 2.75) is 10.0 Å². The highest BCUT2D eigenvalue weighted by molar-refractivity contribution is 8.03. The molecule has 0 saturated carbocycles. The number of carbonyl (C=O) groups is 1. The Bertz CT molecular complexity index is 333. The lowest BCUT2D eigenvalue weighted by molar-refractivity contribution is -0.463. The van der Waals surface area contributed by atoms with E-state index in [2.05, 4.69) is 9.99 Å². The van der Waals surface area contributed by atoms with Crippen LogP contribution in [0.4, 0.5) is 4.79 Å². The molecule has 0 unspecified atom stereocenters. The molecule has 0 N–H and O–H groups in total. The molecule has 0 aliphatic heterocycles. The number of nitrogens with zero attached hydrogens (tertiary/aromatic N) is 3. The third kappa shape index (κ3) is 9.28. The number of halogens is 3. The molecule has 0 aliphatic carbocycles. The summed E-state index contributed by atoms with van der Waals surface area (Å²) in [5.41, 5.74) is 0.0376. The van der Waals surface area contributed by atoms with Crippen LogP contribution in [0.5, 0.6) is 0 Å². The Kier molecular flexibility index (Phi) is 6.91. The smallest absolute Gasteiger partial charge is 0.297 e. The number of hydrogen-bond acceptors (Lipinski definition) is 6. The first-order valence-electron chi connectivity index (χ1n) is 3.97. The summed E-state index contributed by atoms with van der Waals surface area (Å²) in [6.45, 7) is 0.826. The fraction of sp³-hybridized carbons (Fsp3) is 0.667. The largest absolute Gasteiger partial charge is 0.445 e. The molecule has 0 aromatic heterocycles. The first kappa shape index (κ1) is 16.6. The molecule has 11 heteroatoms. The number of hydrogen-bond donors (Lipinski definition) is 0. The Morgan fingerprint density at radius 1 is 1.59 bits per heavy atom. The van der Waals surface area contributed by atoms with Crippen molar-refractivity contribution in [2.75, 3.05) is 13.6 Å². The molecule has 0 aliphatic rings. The molecule has 98 valence electrons. The SMILES string of the molecule is CC(C[N+](=O)[O-])=NOC(=O)N(C)SC(Cl)(Cl)Cl. The van der Waals surface area contributed by atoms with Gasteiger partial charge in [0.1, 0.15) is 5.71 Å². The Morgan fingerprint density at radius 2 is 2.12 bits per heavy atom. The molecule has 0 saturated heterocycles. The maximum atomic E-state index is 11.2. The van der Waals surface area contributed by atoms with E-state index in [1.165, 1.54) is 14.0 Å². The third-order valence-electron chi connectivity index (χ3n) is 1.14. The predicted octanol–water partition coefficient (Wildman–Crippen LogP) is 2.68. The van der Waals surface area contributed by atoms with Gasteiger partial charge in [0.15, 0.2) is 0 Å². The van der Waals surface area contributed by atoms with Gasteiger partial charge in [0.25, 0.3) is 3.12 Å². The standard InChI is InChI=1S/C6H8Cl3N3O4S/c1-4(3-12(14)15)10-16-5(13)11(2)17-6(7,8)9/h3H2,1-2H3. The van der Waals surface area contributed by atoms with Crippen molar-refractivity contribution in [1.29, 1.82) is 0 Å². The normalized spacial score (nSPS) is 12.2. The van der Waals surface area contributed by atoms with E-state index in [-0.39, 0.29) is 5.71 Å². The van der Waals surface area contributed by atoms with Crippen LogP contribution in [0, 0.1) is 10.1 Å². The lowest BCUT2D eigenvalue weighted by Crippen LogP contribution is -2.23. The molecule has 0 spiro atoms. The highest BCUT2D eigenvalue weighted by Crippen LogP contribution is 2.40. The first-order valence-corrected chi connectivity index (χ1v) is 5.88. The van der Waals surface area contributed by atoms with Crippen molar-refractivity contribution < 1.29 is 14.6 Å². The van der Waals surface area contributed by atoms with Crippen LogP contribution < -0.4 is 0 Å². The second kappa shape index (κ2) is 7.10. The van der Waals surface area contributed by atoms with Crippen molar-refractivity contribution in [3.05, 3.63) is 10.1 Å². The van der Waals surface area contributed by atoms with Gasteiger partial charge in [-0.15, -0.1) is 0 Å². The first-order chi connectivity index (χ1) is 7.61. The maximum absolute atomic E-state index is 11.2. The topological polar surface area (TPSA) is 85.0 Å². The molecular formula is C6H8Cl3N3O4S. The molecule has 0 bridgehead atoms. The third-order valence-corrected chi connectivity index (χ3v) is 2.39. The Hall–Kier alpha value is -0.440. The van der Waals surface area contributed by atoms with E-state index < -0.39 is 20.7 Å². The van der Waals surface area contributed by atoms with Gasteiger partial charge in [0, 0.05) is 23.9 Å². The number of amides is 1. The average molecular weight is 325 g/mol. The monoisotopic (exact) mass is 323 g/mol. The lowest BCUT2D eigenvalue weighted by atomic mass is 10.4. The van der Waals surface area contributed by atoms with Crippen LogP contribution in [0.3, 0.4) is 0 Å². The zero-order valence-electron chi connectivity index (χ0n) is 8.72. The molecule has 0 atom stereocenters. The second-order valence-electron chi connectivity index (χ2n) is 2.71. The molecule has 17 heavy (non-hydrogen) atoms. The van der Waals surface area contributed by atoms with E-state index in [1.807, 2.05) is 0 Å². The van der Waals surface area contributed by atoms with Gasteiger partial charge < -0.3 is 0 Å². The Morgan fingerprint density at radius 3 is 2.53 bits per heavy atom. The Labute approximate surface area is 116 Å². The van der Waals surface area contributed by atoms with E-state index in [9.17, 15) is 14.9 Å². The zero-order chi connectivity index (χ0) is 13.6. The van der Waals surface area contributed by atoms with Gasteiger partial charge in [-0.05, 0) is 6.92 Å². The fourth-order valence-electron chi connectivity index (χ4n) is 0.583. The van der Waals surface area contributed by atoms with E-state index in [0.717, 1.165) is 4.31 Å². The molecule has 0 fully saturated rings. The minimum Gasteiger partial charge on any atom is -0.297 e. The van der Waals surface area contributed by atoms with Gasteiger partial charge in [-0.3, -0.25) is 15.0 Å². The average Bonchev–Trinajstić information content (AvgIpc) is 2.10. The number of carbonyl (C=O) groups excluding carboxylic acids is 1. The number of oxime groups is 1. The van der Waals surface area contributed by atoms with Gasteiger partial charge >= 0.3 is 6.09 Å². The molecule has 0 rings (SSSR count). The van der Waals surface area contributed by atoms with Gasteiger partial charge in [-0.2, -0.15) is 0 Å². The minimum absolute atomic E-state index is 0.0376. The summed E-state index contributed by atoms with van der Waals surface area (Å²) in [7, 11) is 1.30. The van der Waals surface area contributed by atoms with Gasteiger partial charge in [-0.1, -0.05) is 40.0 Å². The van der Waals surface area contributed by atoms with Crippen LogP contribution in [-0.2, 0) is 4.84 Å². The zero-order valence-corrected chi connectivity index (χ0v) is 11.8. The van der Waals surface area contributed by atoms with Crippen LogP contribution in [0.2, 0.25) is 0 Å². The molecular weight excluding hydrogens is 317 g/mol. The van der Waals surface area contributed by atoms with Crippen molar-refractivity contribution in [3.8, 4) is 0 Å². The van der Waals surface area contributed by atoms with Gasteiger partial charge in [-0.25, -0.2) is 9.10 Å².